The Hall–Kier alpha value is -5.24. The summed E-state index contributed by atoms with van der Waals surface area (Å²) in [5, 5.41) is 23.9. The van der Waals surface area contributed by atoms with Gasteiger partial charge in [0.15, 0.2) is 0 Å². The highest BCUT2D eigenvalue weighted by Crippen LogP contribution is 2.20. The van der Waals surface area contributed by atoms with E-state index in [2.05, 4.69) is 31.6 Å². The molecule has 1 fully saturated rings. The van der Waals surface area contributed by atoms with Crippen molar-refractivity contribution in [2.24, 2.45) is 11.8 Å². The molecule has 3 aromatic rings. The first-order chi connectivity index (χ1) is 24.8. The van der Waals surface area contributed by atoms with Crippen molar-refractivity contribution < 1.29 is 38.6 Å². The molecule has 1 saturated heterocycles. The molecule has 0 bridgehead atoms. The van der Waals surface area contributed by atoms with Crippen LogP contribution in [0.15, 0.2) is 60.8 Å². The number of aliphatic carboxylic acids is 1. The van der Waals surface area contributed by atoms with Crippen LogP contribution < -0.4 is 26.6 Å². The fraction of sp³-hybridized carbons (Fsp3) is 0.474. The van der Waals surface area contributed by atoms with Crippen LogP contribution in [-0.4, -0.2) is 82.4 Å². The molecule has 5 amide bonds. The van der Waals surface area contributed by atoms with Gasteiger partial charge in [-0.3, -0.25) is 28.8 Å². The van der Waals surface area contributed by atoms with E-state index in [1.165, 1.54) is 0 Å². The van der Waals surface area contributed by atoms with Crippen LogP contribution in [0.25, 0.3) is 10.9 Å². The third-order valence-electron chi connectivity index (χ3n) is 8.72. The topological polar surface area (TPSA) is 208 Å². The number of nitrogens with one attached hydrogen (secondary N) is 6. The zero-order chi connectivity index (χ0) is 37.8. The van der Waals surface area contributed by atoms with Crippen LogP contribution in [0, 0.1) is 11.8 Å². The molecular weight excluding hydrogens is 668 g/mol. The normalized spacial score (nSPS) is 22.2. The van der Waals surface area contributed by atoms with E-state index in [9.17, 15) is 33.9 Å². The van der Waals surface area contributed by atoms with Crippen molar-refractivity contribution in [2.75, 3.05) is 6.61 Å². The highest BCUT2D eigenvalue weighted by molar-refractivity contribution is 5.98. The SMILES string of the molecule is CC(C)CC1NC(=O)C(COCc2ccccc2)NC(=O)C(CCC(=O)O)NC(=O)C(Cc2c[nH]c3ccccc23)NC(=O)C(CC(C)C)NC1=O. The number of amides is 5. The summed E-state index contributed by atoms with van der Waals surface area (Å²) < 4.78 is 5.84. The summed E-state index contributed by atoms with van der Waals surface area (Å²) in [5.41, 5.74) is 2.36. The first-order valence-electron chi connectivity index (χ1n) is 17.7. The number of H-pyrrole nitrogens is 1. The van der Waals surface area contributed by atoms with Gasteiger partial charge < -0.3 is 41.4 Å². The molecule has 5 unspecified atom stereocenters. The molecule has 14 nitrogen and oxygen atoms in total. The summed E-state index contributed by atoms with van der Waals surface area (Å²) in [6.45, 7) is 7.38. The largest absolute Gasteiger partial charge is 0.481 e. The minimum atomic E-state index is -1.39. The molecule has 0 aliphatic carbocycles. The average Bonchev–Trinajstić information content (AvgIpc) is 3.50. The number of rotatable bonds is 13. The second-order valence-electron chi connectivity index (χ2n) is 14.1. The van der Waals surface area contributed by atoms with Gasteiger partial charge >= 0.3 is 5.97 Å². The number of carbonyl (C=O) groups excluding carboxylic acids is 5. The van der Waals surface area contributed by atoms with E-state index in [1.807, 2.05) is 82.3 Å². The lowest BCUT2D eigenvalue weighted by Gasteiger charge is -2.27. The van der Waals surface area contributed by atoms with Crippen molar-refractivity contribution in [3.63, 3.8) is 0 Å². The number of carbonyl (C=O) groups is 6. The Morgan fingerprint density at radius 1 is 0.673 bits per heavy atom. The van der Waals surface area contributed by atoms with Gasteiger partial charge in [0, 0.05) is 29.9 Å². The number of aromatic amines is 1. The minimum Gasteiger partial charge on any atom is -0.481 e. The minimum absolute atomic E-state index is 0.0170. The van der Waals surface area contributed by atoms with Gasteiger partial charge in [-0.05, 0) is 48.3 Å². The Morgan fingerprint density at radius 2 is 1.17 bits per heavy atom. The number of aromatic nitrogens is 1. The summed E-state index contributed by atoms with van der Waals surface area (Å²) >= 11 is 0. The molecule has 2 heterocycles. The Kier molecular flexibility index (Phi) is 14.3. The number of hydrogen-bond donors (Lipinski definition) is 7. The average molecular weight is 719 g/mol. The van der Waals surface area contributed by atoms with Crippen molar-refractivity contribution in [1.82, 2.24) is 31.6 Å². The Labute approximate surface area is 303 Å². The molecule has 14 heteroatoms. The van der Waals surface area contributed by atoms with Crippen LogP contribution in [0.5, 0.6) is 0 Å². The molecule has 7 N–H and O–H groups in total. The second-order valence-corrected chi connectivity index (χ2v) is 14.1. The van der Waals surface area contributed by atoms with Crippen molar-refractivity contribution in [1.29, 1.82) is 0 Å². The second kappa shape index (κ2) is 18.8. The first-order valence-corrected chi connectivity index (χ1v) is 17.7. The lowest BCUT2D eigenvalue weighted by Crippen LogP contribution is -2.59. The number of para-hydroxylation sites is 1. The fourth-order valence-corrected chi connectivity index (χ4v) is 6.09. The van der Waals surface area contributed by atoms with Gasteiger partial charge in [-0.2, -0.15) is 0 Å². The summed E-state index contributed by atoms with van der Waals surface area (Å²) in [4.78, 5) is 84.3. The number of hydrogen-bond acceptors (Lipinski definition) is 7. The van der Waals surface area contributed by atoms with Gasteiger partial charge in [0.1, 0.15) is 30.2 Å². The standard InChI is InChI=1S/C38H50N6O8/c1-22(2)16-29-36(49)43-31(18-25-19-39-27-13-9-8-12-26(25)27)37(50)40-28(14-15-33(45)46)34(47)44-32(21-52-20-24-10-6-5-7-11-24)38(51)42-30(17-23(3)4)35(48)41-29/h5-13,19,22-23,28-32,39H,14-18,20-21H2,1-4H3,(H,40,50)(H,41,48)(H,42,51)(H,43,49)(H,44,47)(H,45,46). The van der Waals surface area contributed by atoms with Crippen LogP contribution in [0.2, 0.25) is 0 Å². The molecule has 0 radical (unpaired) electrons. The van der Waals surface area contributed by atoms with Crippen molar-refractivity contribution in [2.45, 2.75) is 96.6 Å². The molecule has 2 aromatic carbocycles. The smallest absolute Gasteiger partial charge is 0.303 e. The first kappa shape index (κ1) is 39.5. The number of carboxylic acid groups (broad SMARTS) is 1. The molecule has 0 spiro atoms. The van der Waals surface area contributed by atoms with E-state index >= 15 is 0 Å². The van der Waals surface area contributed by atoms with Crippen LogP contribution in [0.3, 0.4) is 0 Å². The lowest BCUT2D eigenvalue weighted by molar-refractivity contribution is -0.138. The predicted octanol–water partition coefficient (Wildman–Crippen LogP) is 2.32. The zero-order valence-corrected chi connectivity index (χ0v) is 30.1. The molecule has 1 aromatic heterocycles. The Bertz CT molecular complexity index is 1710. The maximum Gasteiger partial charge on any atom is 0.303 e. The van der Waals surface area contributed by atoms with E-state index in [4.69, 9.17) is 4.74 Å². The number of carboxylic acids is 1. The Balaban J connectivity index is 1.73. The van der Waals surface area contributed by atoms with Crippen LogP contribution >= 0.6 is 0 Å². The number of ether oxygens (including phenoxy) is 1. The zero-order valence-electron chi connectivity index (χ0n) is 30.1. The van der Waals surface area contributed by atoms with Crippen LogP contribution in [0.1, 0.15) is 64.5 Å². The van der Waals surface area contributed by atoms with E-state index in [0.717, 1.165) is 16.5 Å². The van der Waals surface area contributed by atoms with Gasteiger partial charge in [-0.15, -0.1) is 0 Å². The molecule has 52 heavy (non-hydrogen) atoms. The molecule has 1 aliphatic heterocycles. The molecule has 5 atom stereocenters. The highest BCUT2D eigenvalue weighted by atomic mass is 16.5. The molecule has 0 saturated carbocycles. The molecule has 1 aliphatic rings. The quantitative estimate of drug-likeness (QED) is 0.139. The van der Waals surface area contributed by atoms with Gasteiger partial charge in [-0.1, -0.05) is 76.2 Å². The summed E-state index contributed by atoms with van der Waals surface area (Å²) in [5.74, 6) is -4.77. The van der Waals surface area contributed by atoms with E-state index in [1.54, 1.807) is 6.20 Å². The van der Waals surface area contributed by atoms with Gasteiger partial charge in [0.25, 0.3) is 0 Å². The van der Waals surface area contributed by atoms with Crippen molar-refractivity contribution >= 4 is 46.4 Å². The van der Waals surface area contributed by atoms with Gasteiger partial charge in [0.05, 0.1) is 13.2 Å². The van der Waals surface area contributed by atoms with E-state index in [0.29, 0.717) is 5.56 Å². The molecule has 4 rings (SSSR count). The van der Waals surface area contributed by atoms with Gasteiger partial charge in [0.2, 0.25) is 29.5 Å². The summed E-state index contributed by atoms with van der Waals surface area (Å²) in [7, 11) is 0. The molecular formula is C38H50N6O8. The van der Waals surface area contributed by atoms with Crippen molar-refractivity contribution in [3.8, 4) is 0 Å². The lowest BCUT2D eigenvalue weighted by atomic mass is 9.99. The predicted molar refractivity (Wildman–Crippen MR) is 194 cm³/mol. The van der Waals surface area contributed by atoms with Crippen molar-refractivity contribution in [3.05, 3.63) is 71.9 Å². The third-order valence-corrected chi connectivity index (χ3v) is 8.72. The van der Waals surface area contributed by atoms with E-state index < -0.39 is 72.1 Å². The third kappa shape index (κ3) is 11.7. The summed E-state index contributed by atoms with van der Waals surface area (Å²) in [6.07, 6.45) is 1.44. The van der Waals surface area contributed by atoms with Crippen LogP contribution in [-0.2, 0) is 46.5 Å². The van der Waals surface area contributed by atoms with Gasteiger partial charge in [-0.25, -0.2) is 0 Å². The molecule has 280 valence electrons. The van der Waals surface area contributed by atoms with Crippen LogP contribution in [0.4, 0.5) is 0 Å². The highest BCUT2D eigenvalue weighted by Gasteiger charge is 2.35. The summed E-state index contributed by atoms with van der Waals surface area (Å²) in [6, 6.07) is 10.6. The maximum absolute atomic E-state index is 14.0. The number of benzene rings is 2. The maximum atomic E-state index is 14.0. The number of fused-ring (bicyclic) bond motifs is 1. The van der Waals surface area contributed by atoms with E-state index in [-0.39, 0.29) is 50.7 Å². The Morgan fingerprint density at radius 3 is 1.79 bits per heavy atom. The fourth-order valence-electron chi connectivity index (χ4n) is 6.09. The monoisotopic (exact) mass is 718 g/mol.